The Balaban J connectivity index is 1.28. The molecule has 38 heavy (non-hydrogen) atoms. The molecule has 4 rings (SSSR count). The fourth-order valence-electron chi connectivity index (χ4n) is 3.72. The van der Waals surface area contributed by atoms with Gasteiger partial charge < -0.3 is 9.47 Å². The minimum Gasteiger partial charge on any atom is -0.490 e. The molecule has 9 heteroatoms. The van der Waals surface area contributed by atoms with Crippen LogP contribution in [0.4, 0.5) is 10.5 Å². The van der Waals surface area contributed by atoms with E-state index in [0.717, 1.165) is 28.0 Å². The lowest BCUT2D eigenvalue weighted by atomic mass is 9.87. The first-order chi connectivity index (χ1) is 18.1. The Morgan fingerprint density at radius 3 is 1.95 bits per heavy atom. The first-order valence-corrected chi connectivity index (χ1v) is 12.9. The maximum absolute atomic E-state index is 12.8. The van der Waals surface area contributed by atoms with Crippen molar-refractivity contribution in [3.8, 4) is 11.5 Å². The van der Waals surface area contributed by atoms with E-state index in [-0.39, 0.29) is 22.9 Å². The normalized spacial score (nSPS) is 14.7. The molecule has 0 aliphatic carbocycles. The molecule has 1 aliphatic heterocycles. The van der Waals surface area contributed by atoms with Gasteiger partial charge in [-0.05, 0) is 64.2 Å². The second-order valence-electron chi connectivity index (χ2n) is 9.73. The van der Waals surface area contributed by atoms with Crippen molar-refractivity contribution in [3.05, 3.63) is 105 Å². The molecule has 0 spiro atoms. The van der Waals surface area contributed by atoms with E-state index >= 15 is 0 Å². The van der Waals surface area contributed by atoms with Crippen molar-refractivity contribution in [2.24, 2.45) is 0 Å². The number of non-ortho nitro benzene ring substituents is 1. The topological polar surface area (TPSA) is 99.0 Å². The Morgan fingerprint density at radius 2 is 1.42 bits per heavy atom. The minimum absolute atomic E-state index is 0.0476. The molecule has 0 N–H and O–H groups in total. The monoisotopic (exact) mass is 532 g/mol. The number of benzene rings is 3. The number of amides is 2. The van der Waals surface area contributed by atoms with Gasteiger partial charge in [0.05, 0.1) is 16.4 Å². The molecular weight excluding hydrogens is 504 g/mol. The number of carbonyl (C=O) groups excluding carboxylic acids is 2. The average Bonchev–Trinajstić information content (AvgIpc) is 3.15. The molecule has 2 amide bonds. The van der Waals surface area contributed by atoms with E-state index in [1.165, 1.54) is 29.8 Å². The Labute approximate surface area is 225 Å². The van der Waals surface area contributed by atoms with Gasteiger partial charge in [-0.3, -0.25) is 24.6 Å². The van der Waals surface area contributed by atoms with Crippen molar-refractivity contribution in [1.82, 2.24) is 4.90 Å². The zero-order chi connectivity index (χ0) is 27.3. The Kier molecular flexibility index (Phi) is 8.16. The van der Waals surface area contributed by atoms with Crippen LogP contribution in [0.15, 0.2) is 77.7 Å². The molecule has 0 unspecified atom stereocenters. The summed E-state index contributed by atoms with van der Waals surface area (Å²) < 4.78 is 11.5. The molecule has 0 atom stereocenters. The zero-order valence-corrected chi connectivity index (χ0v) is 22.2. The van der Waals surface area contributed by atoms with Crippen molar-refractivity contribution >= 4 is 34.7 Å². The molecule has 8 nitrogen and oxygen atoms in total. The summed E-state index contributed by atoms with van der Waals surface area (Å²) in [6.45, 7) is 7.33. The highest BCUT2D eigenvalue weighted by Crippen LogP contribution is 2.33. The number of ether oxygens (including phenoxy) is 2. The molecule has 0 aromatic heterocycles. The average molecular weight is 533 g/mol. The lowest BCUT2D eigenvalue weighted by Crippen LogP contribution is -2.27. The van der Waals surface area contributed by atoms with Crippen LogP contribution in [-0.2, 0) is 16.8 Å². The van der Waals surface area contributed by atoms with Crippen molar-refractivity contribution in [1.29, 1.82) is 0 Å². The van der Waals surface area contributed by atoms with Crippen LogP contribution in [0.1, 0.15) is 37.5 Å². The van der Waals surface area contributed by atoms with E-state index in [4.69, 9.17) is 9.47 Å². The number of nitrogens with zero attached hydrogens (tertiary/aromatic N) is 2. The molecular formula is C29H28N2O6S. The molecule has 0 radical (unpaired) electrons. The van der Waals surface area contributed by atoms with Crippen LogP contribution in [0.25, 0.3) is 6.08 Å². The highest BCUT2D eigenvalue weighted by atomic mass is 32.2. The van der Waals surface area contributed by atoms with E-state index < -0.39 is 10.8 Å². The second kappa shape index (κ2) is 11.5. The van der Waals surface area contributed by atoms with Gasteiger partial charge in [-0.25, -0.2) is 0 Å². The highest BCUT2D eigenvalue weighted by Gasteiger charge is 2.35. The number of hydrogen-bond acceptors (Lipinski definition) is 7. The van der Waals surface area contributed by atoms with E-state index in [9.17, 15) is 19.7 Å². The van der Waals surface area contributed by atoms with Gasteiger partial charge in [0.2, 0.25) is 0 Å². The first kappa shape index (κ1) is 26.9. The summed E-state index contributed by atoms with van der Waals surface area (Å²) >= 11 is 0.867. The predicted octanol–water partition coefficient (Wildman–Crippen LogP) is 6.59. The lowest BCUT2D eigenvalue weighted by molar-refractivity contribution is -0.384. The maximum atomic E-state index is 12.8. The third kappa shape index (κ3) is 6.80. The van der Waals surface area contributed by atoms with Crippen molar-refractivity contribution in [2.75, 3.05) is 13.2 Å². The van der Waals surface area contributed by atoms with Gasteiger partial charge in [0.15, 0.2) is 0 Å². The predicted molar refractivity (Wildman–Crippen MR) is 147 cm³/mol. The molecule has 1 heterocycles. The third-order valence-corrected chi connectivity index (χ3v) is 6.79. The molecule has 3 aromatic rings. The SMILES string of the molecule is CC(C)(C)c1ccc(OCCOc2ccc(/C=C3\SC(=O)N(Cc4ccc([N+](=O)[O-])cc4)C3=O)cc2)cc1. The Bertz CT molecular complexity index is 1340. The van der Waals surface area contributed by atoms with E-state index in [0.29, 0.717) is 29.4 Å². The number of hydrogen-bond donors (Lipinski definition) is 0. The zero-order valence-electron chi connectivity index (χ0n) is 21.4. The maximum Gasteiger partial charge on any atom is 0.293 e. The van der Waals surface area contributed by atoms with Crippen LogP contribution in [0, 0.1) is 10.1 Å². The van der Waals surface area contributed by atoms with E-state index in [1.54, 1.807) is 18.2 Å². The highest BCUT2D eigenvalue weighted by molar-refractivity contribution is 8.18. The number of imide groups is 1. The number of carbonyl (C=O) groups is 2. The Morgan fingerprint density at radius 1 is 0.868 bits per heavy atom. The second-order valence-corrected chi connectivity index (χ2v) is 10.7. The largest absolute Gasteiger partial charge is 0.490 e. The summed E-state index contributed by atoms with van der Waals surface area (Å²) in [6.07, 6.45) is 1.66. The summed E-state index contributed by atoms with van der Waals surface area (Å²) in [5, 5.41) is 10.4. The lowest BCUT2D eigenvalue weighted by Gasteiger charge is -2.19. The Hall–Kier alpha value is -4.11. The summed E-state index contributed by atoms with van der Waals surface area (Å²) in [7, 11) is 0. The number of nitro benzene ring substituents is 1. The van der Waals surface area contributed by atoms with Crippen molar-refractivity contribution in [3.63, 3.8) is 0 Å². The van der Waals surface area contributed by atoms with Gasteiger partial charge in [0.1, 0.15) is 24.7 Å². The molecule has 0 saturated carbocycles. The van der Waals surface area contributed by atoms with Crippen LogP contribution in [-0.4, -0.2) is 34.2 Å². The number of thioether (sulfide) groups is 1. The van der Waals surface area contributed by atoms with Gasteiger partial charge in [-0.15, -0.1) is 0 Å². The summed E-state index contributed by atoms with van der Waals surface area (Å²) in [5.41, 5.74) is 2.68. The third-order valence-electron chi connectivity index (χ3n) is 5.88. The number of nitro groups is 1. The van der Waals surface area contributed by atoms with Gasteiger partial charge in [-0.2, -0.15) is 0 Å². The van der Waals surface area contributed by atoms with Crippen LogP contribution >= 0.6 is 11.8 Å². The summed E-state index contributed by atoms with van der Waals surface area (Å²) in [6, 6.07) is 21.1. The fraction of sp³-hybridized carbons (Fsp3) is 0.241. The number of rotatable bonds is 9. The summed E-state index contributed by atoms with van der Waals surface area (Å²) in [4.78, 5) is 37.0. The van der Waals surface area contributed by atoms with E-state index in [1.807, 2.05) is 24.3 Å². The molecule has 1 fully saturated rings. The first-order valence-electron chi connectivity index (χ1n) is 12.0. The van der Waals surface area contributed by atoms with Gasteiger partial charge >= 0.3 is 0 Å². The molecule has 196 valence electrons. The standard InChI is InChI=1S/C29H28N2O6S/c1-29(2,3)22-8-14-25(15-9-22)37-17-16-36-24-12-6-20(7-13-24)18-26-27(32)30(28(33)38-26)19-21-4-10-23(11-5-21)31(34)35/h4-15,18H,16-17,19H2,1-3H3/b26-18-. The van der Waals surface area contributed by atoms with Gasteiger partial charge in [-0.1, -0.05) is 57.2 Å². The van der Waals surface area contributed by atoms with E-state index in [2.05, 4.69) is 32.9 Å². The van der Waals surface area contributed by atoms with Crippen molar-refractivity contribution < 1.29 is 24.0 Å². The quantitative estimate of drug-likeness (QED) is 0.133. The fourth-order valence-corrected chi connectivity index (χ4v) is 4.56. The van der Waals surface area contributed by atoms with Gasteiger partial charge in [0.25, 0.3) is 16.8 Å². The summed E-state index contributed by atoms with van der Waals surface area (Å²) in [5.74, 6) is 1.06. The molecule has 1 aliphatic rings. The molecule has 3 aromatic carbocycles. The molecule has 1 saturated heterocycles. The van der Waals surface area contributed by atoms with Crippen molar-refractivity contribution in [2.45, 2.75) is 32.7 Å². The minimum atomic E-state index is -0.496. The smallest absolute Gasteiger partial charge is 0.293 e. The van der Waals surface area contributed by atoms with Gasteiger partial charge in [0, 0.05) is 12.1 Å². The van der Waals surface area contributed by atoms with Crippen LogP contribution in [0.3, 0.4) is 0 Å². The molecule has 0 bridgehead atoms. The van der Waals surface area contributed by atoms with Crippen LogP contribution < -0.4 is 9.47 Å². The van der Waals surface area contributed by atoms with Crippen LogP contribution in [0.2, 0.25) is 0 Å². The van der Waals surface area contributed by atoms with Crippen LogP contribution in [0.5, 0.6) is 11.5 Å².